The van der Waals surface area contributed by atoms with Gasteiger partial charge in [-0.1, -0.05) is 57.9 Å². The number of urea groups is 1. The number of amides is 3. The third-order valence-electron chi connectivity index (χ3n) is 4.16. The number of carbonyl (C=O) groups is 3. The lowest BCUT2D eigenvalue weighted by Crippen LogP contribution is -2.41. The summed E-state index contributed by atoms with van der Waals surface area (Å²) < 4.78 is 0.838. The lowest BCUT2D eigenvalue weighted by Gasteiger charge is -2.23. The molecular weight excluding hydrogens is 408 g/mol. The maximum Gasteiger partial charge on any atom is 0.325 e. The molecule has 0 radical (unpaired) electrons. The molecule has 1 fully saturated rings. The van der Waals surface area contributed by atoms with Crippen LogP contribution in [0.5, 0.6) is 0 Å². The molecule has 2 aromatic rings. The molecule has 0 aromatic heterocycles. The first-order valence-electron chi connectivity index (χ1n) is 7.51. The Morgan fingerprint density at radius 1 is 1.16 bits per heavy atom. The van der Waals surface area contributed by atoms with Crippen LogP contribution in [0.25, 0.3) is 0 Å². The Hall–Kier alpha value is -2.18. The molecule has 5 nitrogen and oxygen atoms in total. The van der Waals surface area contributed by atoms with Gasteiger partial charge >= 0.3 is 6.03 Å². The third-order valence-corrected chi connectivity index (χ3v) is 5.01. The van der Waals surface area contributed by atoms with Crippen LogP contribution in [0.3, 0.4) is 0 Å². The summed E-state index contributed by atoms with van der Waals surface area (Å²) in [5.74, 6) is -0.824. The highest BCUT2D eigenvalue weighted by Gasteiger charge is 2.50. The smallest absolute Gasteiger partial charge is 0.319 e. The maximum atomic E-state index is 12.8. The molecule has 128 valence electrons. The van der Waals surface area contributed by atoms with Crippen LogP contribution < -0.4 is 5.32 Å². The van der Waals surface area contributed by atoms with Crippen molar-refractivity contribution in [3.63, 3.8) is 0 Å². The summed E-state index contributed by atoms with van der Waals surface area (Å²) in [5.41, 5.74) is -0.376. The molecule has 3 rings (SSSR count). The SMILES string of the molecule is C[C@]1(c2ccccc2Cl)NC(=O)N(CC(=O)c2ccc(Br)cc2)C1=O. The summed E-state index contributed by atoms with van der Waals surface area (Å²) in [6, 6.07) is 12.9. The fourth-order valence-corrected chi connectivity index (χ4v) is 3.35. The van der Waals surface area contributed by atoms with Crippen LogP contribution in [-0.4, -0.2) is 29.2 Å². The second-order valence-electron chi connectivity index (χ2n) is 5.86. The van der Waals surface area contributed by atoms with Crippen molar-refractivity contribution in [2.24, 2.45) is 0 Å². The molecule has 1 N–H and O–H groups in total. The van der Waals surface area contributed by atoms with Gasteiger partial charge in [0.25, 0.3) is 5.91 Å². The molecular formula is C18H14BrClN2O3. The predicted octanol–water partition coefficient (Wildman–Crippen LogP) is 3.75. The molecule has 1 aliphatic rings. The van der Waals surface area contributed by atoms with E-state index in [1.807, 2.05) is 0 Å². The van der Waals surface area contributed by atoms with Crippen LogP contribution in [0.15, 0.2) is 53.0 Å². The predicted molar refractivity (Wildman–Crippen MR) is 97.5 cm³/mol. The van der Waals surface area contributed by atoms with Crippen LogP contribution in [-0.2, 0) is 10.3 Å². The Kier molecular flexibility index (Phi) is 4.67. The first kappa shape index (κ1) is 17.6. The van der Waals surface area contributed by atoms with Gasteiger partial charge in [0, 0.05) is 20.6 Å². The first-order valence-corrected chi connectivity index (χ1v) is 8.68. The zero-order valence-electron chi connectivity index (χ0n) is 13.3. The van der Waals surface area contributed by atoms with Gasteiger partial charge in [0.15, 0.2) is 5.78 Å². The van der Waals surface area contributed by atoms with E-state index in [2.05, 4.69) is 21.2 Å². The molecule has 1 aliphatic heterocycles. The van der Waals surface area contributed by atoms with E-state index in [4.69, 9.17) is 11.6 Å². The van der Waals surface area contributed by atoms with Crippen molar-refractivity contribution >= 4 is 45.3 Å². The van der Waals surface area contributed by atoms with Crippen molar-refractivity contribution in [1.82, 2.24) is 10.2 Å². The van der Waals surface area contributed by atoms with E-state index in [1.165, 1.54) is 0 Å². The number of ketones is 1. The highest BCUT2D eigenvalue weighted by atomic mass is 79.9. The van der Waals surface area contributed by atoms with Gasteiger partial charge in [-0.25, -0.2) is 4.79 Å². The minimum atomic E-state index is -1.30. The third kappa shape index (κ3) is 3.19. The molecule has 0 unspecified atom stereocenters. The fraction of sp³-hybridized carbons (Fsp3) is 0.167. The average Bonchev–Trinajstić information content (AvgIpc) is 2.80. The van der Waals surface area contributed by atoms with Crippen LogP contribution in [0, 0.1) is 0 Å². The van der Waals surface area contributed by atoms with Gasteiger partial charge in [0.1, 0.15) is 5.54 Å². The van der Waals surface area contributed by atoms with Crippen LogP contribution in [0.4, 0.5) is 4.79 Å². The number of imide groups is 1. The zero-order valence-corrected chi connectivity index (χ0v) is 15.6. The molecule has 1 heterocycles. The summed E-state index contributed by atoms with van der Waals surface area (Å²) in [4.78, 5) is 38.5. The van der Waals surface area contributed by atoms with Gasteiger partial charge in [-0.15, -0.1) is 0 Å². The minimum Gasteiger partial charge on any atom is -0.319 e. The Balaban J connectivity index is 1.85. The Morgan fingerprint density at radius 3 is 2.44 bits per heavy atom. The number of nitrogens with zero attached hydrogens (tertiary/aromatic N) is 1. The number of Topliss-reactive ketones (excluding diaryl/α,β-unsaturated/α-hetero) is 1. The molecule has 0 bridgehead atoms. The first-order chi connectivity index (χ1) is 11.8. The van der Waals surface area contributed by atoms with Crippen molar-refractivity contribution in [3.05, 3.63) is 69.2 Å². The van der Waals surface area contributed by atoms with E-state index in [9.17, 15) is 14.4 Å². The summed E-state index contributed by atoms with van der Waals surface area (Å²) in [7, 11) is 0. The van der Waals surface area contributed by atoms with E-state index in [0.29, 0.717) is 16.1 Å². The highest BCUT2D eigenvalue weighted by molar-refractivity contribution is 9.10. The summed E-state index contributed by atoms with van der Waals surface area (Å²) >= 11 is 9.47. The molecule has 7 heteroatoms. The van der Waals surface area contributed by atoms with Crippen molar-refractivity contribution in [1.29, 1.82) is 0 Å². The van der Waals surface area contributed by atoms with E-state index in [-0.39, 0.29) is 12.3 Å². The number of carbonyl (C=O) groups excluding carboxylic acids is 3. The van der Waals surface area contributed by atoms with Gasteiger partial charge < -0.3 is 5.32 Å². The number of benzene rings is 2. The molecule has 25 heavy (non-hydrogen) atoms. The number of hydrogen-bond acceptors (Lipinski definition) is 3. The Bertz CT molecular complexity index is 869. The van der Waals surface area contributed by atoms with Gasteiger partial charge in [0.05, 0.1) is 6.54 Å². The number of nitrogens with one attached hydrogen (secondary N) is 1. The number of halogens is 2. The van der Waals surface area contributed by atoms with E-state index < -0.39 is 17.5 Å². The fourth-order valence-electron chi connectivity index (χ4n) is 2.76. The van der Waals surface area contributed by atoms with Crippen LogP contribution in [0.1, 0.15) is 22.8 Å². The zero-order chi connectivity index (χ0) is 18.2. The topological polar surface area (TPSA) is 66.5 Å². The molecule has 2 aromatic carbocycles. The molecule has 0 spiro atoms. The van der Waals surface area contributed by atoms with Crippen molar-refractivity contribution in [2.45, 2.75) is 12.5 Å². The van der Waals surface area contributed by atoms with Crippen molar-refractivity contribution in [2.75, 3.05) is 6.54 Å². The largest absolute Gasteiger partial charge is 0.325 e. The second-order valence-corrected chi connectivity index (χ2v) is 7.18. The van der Waals surface area contributed by atoms with Gasteiger partial charge in [0.2, 0.25) is 0 Å². The van der Waals surface area contributed by atoms with Crippen LogP contribution in [0.2, 0.25) is 5.02 Å². The lowest BCUT2D eigenvalue weighted by atomic mass is 9.92. The number of hydrogen-bond donors (Lipinski definition) is 1. The molecule has 1 saturated heterocycles. The van der Waals surface area contributed by atoms with E-state index >= 15 is 0 Å². The minimum absolute atomic E-state index is 0.320. The van der Waals surface area contributed by atoms with E-state index in [0.717, 1.165) is 9.37 Å². The van der Waals surface area contributed by atoms with Crippen LogP contribution >= 0.6 is 27.5 Å². The molecule has 1 atom stereocenters. The quantitative estimate of drug-likeness (QED) is 0.604. The molecule has 3 amide bonds. The van der Waals surface area contributed by atoms with Crippen molar-refractivity contribution in [3.8, 4) is 0 Å². The average molecular weight is 422 g/mol. The van der Waals surface area contributed by atoms with Gasteiger partial charge in [-0.05, 0) is 25.1 Å². The maximum absolute atomic E-state index is 12.8. The monoisotopic (exact) mass is 420 g/mol. The highest BCUT2D eigenvalue weighted by Crippen LogP contribution is 2.33. The van der Waals surface area contributed by atoms with E-state index in [1.54, 1.807) is 55.5 Å². The standard InChI is InChI=1S/C18H14BrClN2O3/c1-18(13-4-2-3-5-14(13)20)16(24)22(17(25)21-18)10-15(23)11-6-8-12(19)9-7-11/h2-9H,10H2,1H3,(H,21,25)/t18-/m1/s1. The van der Waals surface area contributed by atoms with Crippen molar-refractivity contribution < 1.29 is 14.4 Å². The lowest BCUT2D eigenvalue weighted by molar-refractivity contribution is -0.130. The number of rotatable bonds is 4. The second kappa shape index (κ2) is 6.61. The molecule has 0 saturated carbocycles. The van der Waals surface area contributed by atoms with Gasteiger partial charge in [-0.2, -0.15) is 0 Å². The Labute approximate surface area is 158 Å². The summed E-state index contributed by atoms with van der Waals surface area (Å²) in [6.45, 7) is 1.25. The Morgan fingerprint density at radius 2 is 1.80 bits per heavy atom. The normalized spacial score (nSPS) is 19.9. The van der Waals surface area contributed by atoms with Gasteiger partial charge in [-0.3, -0.25) is 14.5 Å². The molecule has 0 aliphatic carbocycles. The summed E-state index contributed by atoms with van der Waals surface area (Å²) in [5, 5.41) is 3.02. The summed E-state index contributed by atoms with van der Waals surface area (Å²) in [6.07, 6.45) is 0.